The molecule has 0 aromatic heterocycles. The Kier molecular flexibility index (Phi) is 14.2. The number of piperazine rings is 1. The second-order valence-corrected chi connectivity index (χ2v) is 14.4. The topological polar surface area (TPSA) is 145 Å². The van der Waals surface area contributed by atoms with E-state index in [2.05, 4.69) is 9.80 Å². The number of carbonyl (C=O) groups excluding carboxylic acids is 1. The van der Waals surface area contributed by atoms with Gasteiger partial charge < -0.3 is 14.5 Å². The van der Waals surface area contributed by atoms with Crippen LogP contribution in [0.4, 0.5) is 5.69 Å². The van der Waals surface area contributed by atoms with Gasteiger partial charge in [-0.25, -0.2) is 0 Å². The number of benzene rings is 3. The van der Waals surface area contributed by atoms with Crippen LogP contribution in [0.15, 0.2) is 82.6 Å². The van der Waals surface area contributed by atoms with Crippen LogP contribution in [-0.2, 0) is 29.8 Å². The van der Waals surface area contributed by atoms with E-state index in [1.165, 1.54) is 24.3 Å². The lowest BCUT2D eigenvalue weighted by atomic mass is 10.1. The molecule has 5 rings (SSSR count). The Bertz CT molecular complexity index is 1540. The third kappa shape index (κ3) is 12.0. The van der Waals surface area contributed by atoms with Crippen molar-refractivity contribution in [3.8, 4) is 0 Å². The first-order valence-corrected chi connectivity index (χ1v) is 18.0. The number of amides is 1. The summed E-state index contributed by atoms with van der Waals surface area (Å²) in [6.07, 6.45) is 0.936. The first-order valence-electron chi connectivity index (χ1n) is 14.8. The van der Waals surface area contributed by atoms with Crippen molar-refractivity contribution >= 4 is 43.4 Å². The molecule has 1 amide bonds. The molecule has 0 saturated carbocycles. The highest BCUT2D eigenvalue weighted by Gasteiger charge is 2.34. The third-order valence-corrected chi connectivity index (χ3v) is 9.64. The molecule has 0 aliphatic carbocycles. The summed E-state index contributed by atoms with van der Waals surface area (Å²) in [5.41, 5.74) is 2.87. The van der Waals surface area contributed by atoms with Gasteiger partial charge in [0.05, 0.1) is 22.3 Å². The van der Waals surface area contributed by atoms with Gasteiger partial charge in [0.25, 0.3) is 20.2 Å². The predicted molar refractivity (Wildman–Crippen MR) is 179 cm³/mol. The van der Waals surface area contributed by atoms with Crippen LogP contribution in [0.2, 0.25) is 5.02 Å². The molecule has 3 aromatic carbocycles. The number of carbonyl (C=O) groups is 1. The summed E-state index contributed by atoms with van der Waals surface area (Å²) in [4.78, 5) is 19.3. The van der Waals surface area contributed by atoms with Crippen LogP contribution in [0.5, 0.6) is 0 Å². The van der Waals surface area contributed by atoms with Gasteiger partial charge in [0, 0.05) is 63.6 Å². The minimum absolute atomic E-state index is 0.0666. The van der Waals surface area contributed by atoms with Crippen LogP contribution in [0.25, 0.3) is 0 Å². The van der Waals surface area contributed by atoms with Crippen LogP contribution in [0.3, 0.4) is 0 Å². The van der Waals surface area contributed by atoms with Crippen LogP contribution in [-0.4, -0.2) is 101 Å². The van der Waals surface area contributed by atoms with Crippen molar-refractivity contribution in [2.75, 3.05) is 64.4 Å². The zero-order valence-corrected chi connectivity index (χ0v) is 28.6. The number of methoxy groups -OCH3 is 1. The first kappa shape index (κ1) is 37.6. The molecule has 0 unspecified atom stereocenters. The summed E-state index contributed by atoms with van der Waals surface area (Å²) in [7, 11) is -6.29. The van der Waals surface area contributed by atoms with Crippen LogP contribution >= 0.6 is 11.6 Å². The molecule has 3 aromatic rings. The number of hydrogen-bond acceptors (Lipinski definition) is 8. The minimum Gasteiger partial charge on any atom is -0.383 e. The number of halogens is 1. The number of hydrogen-bond donors (Lipinski definition) is 2. The number of nitrogens with zero attached hydrogens (tertiary/aromatic N) is 3. The smallest absolute Gasteiger partial charge is 0.294 e. The van der Waals surface area contributed by atoms with E-state index in [0.29, 0.717) is 5.02 Å². The molecule has 2 fully saturated rings. The molecule has 252 valence electrons. The largest absolute Gasteiger partial charge is 0.383 e. The Labute approximate surface area is 277 Å². The van der Waals surface area contributed by atoms with Crippen LogP contribution in [0, 0.1) is 19.8 Å². The van der Waals surface area contributed by atoms with E-state index in [1.807, 2.05) is 43.0 Å². The average molecular weight is 696 g/mol. The molecule has 2 heterocycles. The van der Waals surface area contributed by atoms with Crippen molar-refractivity contribution in [2.24, 2.45) is 5.92 Å². The van der Waals surface area contributed by atoms with E-state index in [-0.39, 0.29) is 21.6 Å². The molecule has 2 aliphatic rings. The van der Waals surface area contributed by atoms with Crippen molar-refractivity contribution in [3.05, 3.63) is 88.9 Å². The molecule has 2 saturated heterocycles. The SMILES string of the molecule is COCCN1CCN(C[C@H]2CCN(c3ccc(Cl)cc3)C2=O)CC1.Cc1ccc(S(=O)(=O)O)cc1.Cc1ccc(S(=O)(=O)O)cc1. The lowest BCUT2D eigenvalue weighted by Crippen LogP contribution is -2.49. The molecule has 0 spiro atoms. The molecule has 2 N–H and O–H groups in total. The highest BCUT2D eigenvalue weighted by molar-refractivity contribution is 7.86. The van der Waals surface area contributed by atoms with Crippen molar-refractivity contribution in [3.63, 3.8) is 0 Å². The number of anilines is 1. The normalized spacial score (nSPS) is 17.6. The van der Waals surface area contributed by atoms with Gasteiger partial charge >= 0.3 is 0 Å². The third-order valence-electron chi connectivity index (χ3n) is 7.65. The fourth-order valence-electron chi connectivity index (χ4n) is 4.93. The second-order valence-electron chi connectivity index (χ2n) is 11.2. The van der Waals surface area contributed by atoms with Gasteiger partial charge in [-0.05, 0) is 68.8 Å². The minimum atomic E-state index is -4.02. The van der Waals surface area contributed by atoms with Crippen molar-refractivity contribution in [1.82, 2.24) is 9.80 Å². The quantitative estimate of drug-likeness (QED) is 0.325. The van der Waals surface area contributed by atoms with Gasteiger partial charge in [0.2, 0.25) is 5.91 Å². The van der Waals surface area contributed by atoms with Crippen molar-refractivity contribution in [1.29, 1.82) is 0 Å². The van der Waals surface area contributed by atoms with Crippen molar-refractivity contribution < 1.29 is 35.5 Å². The lowest BCUT2D eigenvalue weighted by Gasteiger charge is -2.35. The lowest BCUT2D eigenvalue weighted by molar-refractivity contribution is -0.121. The van der Waals surface area contributed by atoms with Gasteiger partial charge in [0.1, 0.15) is 0 Å². The first-order chi connectivity index (χ1) is 21.7. The maximum absolute atomic E-state index is 12.7. The number of aryl methyl sites for hydroxylation is 2. The Morgan fingerprint density at radius 3 is 1.63 bits per heavy atom. The van der Waals surface area contributed by atoms with Gasteiger partial charge in [-0.3, -0.25) is 18.8 Å². The van der Waals surface area contributed by atoms with Gasteiger partial charge in [-0.15, -0.1) is 0 Å². The van der Waals surface area contributed by atoms with E-state index < -0.39 is 20.2 Å². The fourth-order valence-corrected chi connectivity index (χ4v) is 6.02. The Balaban J connectivity index is 0.000000217. The highest BCUT2D eigenvalue weighted by atomic mass is 35.5. The Morgan fingerprint density at radius 2 is 1.20 bits per heavy atom. The molecular weight excluding hydrogens is 654 g/mol. The molecule has 0 bridgehead atoms. The van der Waals surface area contributed by atoms with E-state index >= 15 is 0 Å². The molecular formula is C32H42ClN3O8S2. The monoisotopic (exact) mass is 695 g/mol. The van der Waals surface area contributed by atoms with Gasteiger partial charge in [-0.2, -0.15) is 16.8 Å². The maximum Gasteiger partial charge on any atom is 0.294 e. The number of rotatable bonds is 8. The molecule has 0 radical (unpaired) electrons. The summed E-state index contributed by atoms with van der Waals surface area (Å²) in [5, 5.41) is 0.702. The van der Waals surface area contributed by atoms with Crippen molar-refractivity contribution in [2.45, 2.75) is 30.1 Å². The van der Waals surface area contributed by atoms with E-state index in [9.17, 15) is 21.6 Å². The molecule has 2 aliphatic heterocycles. The van der Waals surface area contributed by atoms with Crippen LogP contribution in [0.1, 0.15) is 17.5 Å². The van der Waals surface area contributed by atoms with E-state index in [1.54, 1.807) is 31.4 Å². The predicted octanol–water partition coefficient (Wildman–Crippen LogP) is 4.44. The zero-order valence-electron chi connectivity index (χ0n) is 26.2. The highest BCUT2D eigenvalue weighted by Crippen LogP contribution is 2.27. The molecule has 1 atom stereocenters. The standard InChI is InChI=1S/C18H26ClN3O2.2C7H8O3S/c1-24-13-12-20-8-10-21(11-9-20)14-15-6-7-22(18(15)23)17-4-2-16(19)3-5-17;2*1-6-2-4-7(5-3-6)11(8,9)10/h2-5,15H,6-14H2,1H3;2*2-5H,1H3,(H,8,9,10)/t15-;;/m1../s1. The average Bonchev–Trinajstić information content (AvgIpc) is 3.36. The van der Waals surface area contributed by atoms with Gasteiger partial charge in [0.15, 0.2) is 0 Å². The Morgan fingerprint density at radius 1 is 0.739 bits per heavy atom. The fraction of sp³-hybridized carbons (Fsp3) is 0.406. The summed E-state index contributed by atoms with van der Waals surface area (Å²) in [6, 6.07) is 19.5. The van der Waals surface area contributed by atoms with Crippen LogP contribution < -0.4 is 4.90 Å². The summed E-state index contributed by atoms with van der Waals surface area (Å²) in [5.74, 6) is 0.366. The number of ether oxygens (including phenoxy) is 1. The molecule has 14 heteroatoms. The summed E-state index contributed by atoms with van der Waals surface area (Å²) >= 11 is 5.93. The summed E-state index contributed by atoms with van der Waals surface area (Å²) in [6.45, 7) is 11.3. The van der Waals surface area contributed by atoms with E-state index in [0.717, 1.165) is 75.7 Å². The molecule has 11 nitrogen and oxygen atoms in total. The second kappa shape index (κ2) is 17.3. The molecule has 46 heavy (non-hydrogen) atoms. The maximum atomic E-state index is 12.7. The van der Waals surface area contributed by atoms with Gasteiger partial charge in [-0.1, -0.05) is 47.0 Å². The Hall–Kier alpha value is -2.88. The zero-order chi connectivity index (χ0) is 33.9. The van der Waals surface area contributed by atoms with E-state index in [4.69, 9.17) is 25.4 Å². The summed E-state index contributed by atoms with van der Waals surface area (Å²) < 4.78 is 64.2.